The summed E-state index contributed by atoms with van der Waals surface area (Å²) in [5.74, 6) is 2.67. The van der Waals surface area contributed by atoms with E-state index in [0.29, 0.717) is 18.2 Å². The van der Waals surface area contributed by atoms with Gasteiger partial charge in [-0.15, -0.1) is 0 Å². The molecule has 100 valence electrons. The smallest absolute Gasteiger partial charge is 0.136 e. The van der Waals surface area contributed by atoms with Gasteiger partial charge in [-0.2, -0.15) is 0 Å². The van der Waals surface area contributed by atoms with E-state index < -0.39 is 0 Å². The Morgan fingerprint density at radius 2 is 2.06 bits per heavy atom. The highest BCUT2D eigenvalue weighted by Gasteiger charge is 2.28. The van der Waals surface area contributed by atoms with E-state index in [0.717, 1.165) is 30.0 Å². The number of anilines is 2. The number of nitrogens with one attached hydrogen (secondary N) is 1. The van der Waals surface area contributed by atoms with E-state index in [1.165, 1.54) is 0 Å². The first-order valence-electron chi connectivity index (χ1n) is 6.46. The van der Waals surface area contributed by atoms with E-state index in [4.69, 9.17) is 10.8 Å². The summed E-state index contributed by atoms with van der Waals surface area (Å²) >= 11 is 0. The molecule has 1 aromatic rings. The first-order valence-corrected chi connectivity index (χ1v) is 6.46. The number of aliphatic hydroxyl groups is 1. The molecule has 0 spiro atoms. The normalized spacial score (nSPS) is 15.8. The van der Waals surface area contributed by atoms with E-state index >= 15 is 0 Å². The van der Waals surface area contributed by atoms with Crippen LogP contribution in [0.25, 0.3) is 0 Å². The summed E-state index contributed by atoms with van der Waals surface area (Å²) in [6, 6.07) is 0. The van der Waals surface area contributed by atoms with Gasteiger partial charge in [0.25, 0.3) is 0 Å². The third-order valence-electron chi connectivity index (χ3n) is 3.34. The number of aromatic nitrogens is 2. The van der Waals surface area contributed by atoms with E-state index in [2.05, 4.69) is 15.3 Å². The van der Waals surface area contributed by atoms with Gasteiger partial charge in [0.05, 0.1) is 0 Å². The van der Waals surface area contributed by atoms with Crippen LogP contribution >= 0.6 is 0 Å². The third kappa shape index (κ3) is 2.90. The largest absolute Gasteiger partial charge is 0.396 e. The maximum Gasteiger partial charge on any atom is 0.136 e. The Hall–Kier alpha value is -1.36. The molecule has 4 N–H and O–H groups in total. The van der Waals surface area contributed by atoms with Crippen LogP contribution in [0.1, 0.15) is 50.4 Å². The maximum absolute atomic E-state index is 9.06. The lowest BCUT2D eigenvalue weighted by molar-refractivity contribution is 0.260. The molecule has 0 bridgehead atoms. The van der Waals surface area contributed by atoms with Crippen molar-refractivity contribution in [1.82, 2.24) is 9.97 Å². The molecule has 1 aliphatic rings. The summed E-state index contributed by atoms with van der Waals surface area (Å²) in [4.78, 5) is 8.93. The van der Waals surface area contributed by atoms with Gasteiger partial charge >= 0.3 is 0 Å². The highest BCUT2D eigenvalue weighted by Crippen LogP contribution is 2.39. The minimum Gasteiger partial charge on any atom is -0.396 e. The van der Waals surface area contributed by atoms with Gasteiger partial charge in [0.2, 0.25) is 0 Å². The van der Waals surface area contributed by atoms with E-state index in [9.17, 15) is 0 Å². The van der Waals surface area contributed by atoms with Gasteiger partial charge in [-0.25, -0.2) is 9.97 Å². The van der Waals surface area contributed by atoms with Crippen molar-refractivity contribution in [3.8, 4) is 0 Å². The van der Waals surface area contributed by atoms with Crippen molar-refractivity contribution in [2.24, 2.45) is 0 Å². The van der Waals surface area contributed by atoms with Crippen LogP contribution in [0.5, 0.6) is 0 Å². The molecular weight excluding hydrogens is 228 g/mol. The van der Waals surface area contributed by atoms with Gasteiger partial charge < -0.3 is 16.2 Å². The van der Waals surface area contributed by atoms with Crippen molar-refractivity contribution in [3.63, 3.8) is 0 Å². The lowest BCUT2D eigenvalue weighted by atomic mass is 10.0. The van der Waals surface area contributed by atoms with Crippen LogP contribution in [0.15, 0.2) is 0 Å². The molecule has 0 amide bonds. The first-order chi connectivity index (χ1) is 8.43. The number of nitrogens with two attached hydrogens (primary N) is 1. The van der Waals surface area contributed by atoms with Crippen LogP contribution in [0, 0.1) is 6.92 Å². The summed E-state index contributed by atoms with van der Waals surface area (Å²) < 4.78 is 0. The molecule has 0 aliphatic heterocycles. The molecule has 1 fully saturated rings. The Labute approximate surface area is 108 Å². The van der Waals surface area contributed by atoms with Gasteiger partial charge in [0.15, 0.2) is 0 Å². The zero-order valence-electron chi connectivity index (χ0n) is 11.3. The molecule has 1 aromatic heterocycles. The van der Waals surface area contributed by atoms with Crippen molar-refractivity contribution in [2.45, 2.75) is 51.5 Å². The molecule has 0 atom stereocenters. The van der Waals surface area contributed by atoms with Crippen molar-refractivity contribution < 1.29 is 5.11 Å². The van der Waals surface area contributed by atoms with Gasteiger partial charge in [0.1, 0.15) is 17.5 Å². The summed E-state index contributed by atoms with van der Waals surface area (Å²) in [6.07, 6.45) is 2.97. The highest BCUT2D eigenvalue weighted by atomic mass is 16.3. The maximum atomic E-state index is 9.06. The molecule has 0 unspecified atom stereocenters. The van der Waals surface area contributed by atoms with E-state index in [1.54, 1.807) is 0 Å². The lowest BCUT2D eigenvalue weighted by Crippen LogP contribution is -2.33. The average molecular weight is 250 g/mol. The number of hydrogen-bond donors (Lipinski definition) is 3. The minimum absolute atomic E-state index is 0.148. The van der Waals surface area contributed by atoms with Gasteiger partial charge in [0, 0.05) is 23.6 Å². The van der Waals surface area contributed by atoms with Crippen LogP contribution < -0.4 is 11.1 Å². The zero-order valence-corrected chi connectivity index (χ0v) is 11.3. The molecule has 5 heteroatoms. The number of nitrogen functional groups attached to an aromatic ring is 1. The molecule has 2 rings (SSSR count). The molecule has 0 aromatic carbocycles. The van der Waals surface area contributed by atoms with Crippen LogP contribution in [0.3, 0.4) is 0 Å². The Bertz CT molecular complexity index is 441. The molecule has 1 saturated carbocycles. The summed E-state index contributed by atoms with van der Waals surface area (Å²) in [7, 11) is 0. The fourth-order valence-corrected chi connectivity index (χ4v) is 1.86. The molecule has 1 heterocycles. The predicted molar refractivity (Wildman–Crippen MR) is 72.6 cm³/mol. The quantitative estimate of drug-likeness (QED) is 0.742. The second kappa shape index (κ2) is 4.72. The number of hydrogen-bond acceptors (Lipinski definition) is 5. The fraction of sp³-hybridized carbons (Fsp3) is 0.692. The molecule has 0 saturated heterocycles. The van der Waals surface area contributed by atoms with Crippen molar-refractivity contribution >= 4 is 11.6 Å². The monoisotopic (exact) mass is 250 g/mol. The molecule has 0 radical (unpaired) electrons. The highest BCUT2D eigenvalue weighted by molar-refractivity contribution is 5.56. The third-order valence-corrected chi connectivity index (χ3v) is 3.34. The fourth-order valence-electron chi connectivity index (χ4n) is 1.86. The number of nitrogens with zero attached hydrogens (tertiary/aromatic N) is 2. The summed E-state index contributed by atoms with van der Waals surface area (Å²) in [5.41, 5.74) is 6.61. The number of rotatable bonds is 5. The van der Waals surface area contributed by atoms with E-state index in [-0.39, 0.29) is 12.1 Å². The van der Waals surface area contributed by atoms with Crippen LogP contribution in [0.4, 0.5) is 11.6 Å². The lowest BCUT2D eigenvalue weighted by Gasteiger charge is -2.27. The van der Waals surface area contributed by atoms with Crippen molar-refractivity contribution in [2.75, 3.05) is 17.7 Å². The Morgan fingerprint density at radius 3 is 2.61 bits per heavy atom. The van der Waals surface area contributed by atoms with Gasteiger partial charge in [-0.3, -0.25) is 0 Å². The van der Waals surface area contributed by atoms with E-state index in [1.807, 2.05) is 20.8 Å². The number of aliphatic hydroxyl groups excluding tert-OH is 1. The average Bonchev–Trinajstić information content (AvgIpc) is 3.07. The second-order valence-electron chi connectivity index (χ2n) is 5.70. The van der Waals surface area contributed by atoms with Crippen LogP contribution in [-0.2, 0) is 0 Å². The predicted octanol–water partition coefficient (Wildman–Crippen LogP) is 1.82. The Morgan fingerprint density at radius 1 is 1.39 bits per heavy atom. The topological polar surface area (TPSA) is 84.1 Å². The Kier molecular flexibility index (Phi) is 3.43. The van der Waals surface area contributed by atoms with Crippen molar-refractivity contribution in [3.05, 3.63) is 11.4 Å². The first kappa shape index (κ1) is 13.1. The van der Waals surface area contributed by atoms with Crippen LogP contribution in [0.2, 0.25) is 0 Å². The van der Waals surface area contributed by atoms with Gasteiger partial charge in [-0.1, -0.05) is 0 Å². The SMILES string of the molecule is Cc1c(N)nc(C2CC2)nc1NC(C)(C)CCO. The van der Waals surface area contributed by atoms with Gasteiger partial charge in [-0.05, 0) is 40.0 Å². The molecule has 1 aliphatic carbocycles. The summed E-state index contributed by atoms with van der Waals surface area (Å²) in [5, 5.41) is 12.4. The zero-order chi connectivity index (χ0) is 13.3. The molecule has 5 nitrogen and oxygen atoms in total. The minimum atomic E-state index is -0.207. The summed E-state index contributed by atoms with van der Waals surface area (Å²) in [6.45, 7) is 6.15. The second-order valence-corrected chi connectivity index (χ2v) is 5.70. The van der Waals surface area contributed by atoms with Crippen LogP contribution in [-0.4, -0.2) is 27.2 Å². The Balaban J connectivity index is 2.25. The van der Waals surface area contributed by atoms with Crippen molar-refractivity contribution in [1.29, 1.82) is 0 Å². The molecule has 18 heavy (non-hydrogen) atoms. The molecular formula is C13H22N4O. The standard InChI is InChI=1S/C13H22N4O/c1-8-10(14)15-12(9-4-5-9)16-11(8)17-13(2,3)6-7-18/h9,18H,4-7H2,1-3H3,(H3,14,15,16,17).